The summed E-state index contributed by atoms with van der Waals surface area (Å²) in [6.07, 6.45) is 1.88. The molecule has 1 fully saturated rings. The van der Waals surface area contributed by atoms with E-state index in [1.807, 2.05) is 31.2 Å². The maximum atomic E-state index is 14.4. The number of rotatable bonds is 34. The number of carboxylic acid groups (broad SMARTS) is 1. The highest BCUT2D eigenvalue weighted by atomic mass is 16.6. The molecule has 2 aromatic heterocycles. The average molecular weight is 1160 g/mol. The second kappa shape index (κ2) is 31.3. The number of aliphatic carboxylic acids is 1. The van der Waals surface area contributed by atoms with Crippen LogP contribution in [0.4, 0.5) is 0 Å². The van der Waals surface area contributed by atoms with E-state index in [1.54, 1.807) is 31.4 Å². The SMILES string of the molecule is CCc1c2c(nc3ccccc13)-c1cc3c(c(=O)n1C2)COC(=O)[C@@]3(CC)OC(=O)[C@@H](NC(=O)[C@@H]1CCCN1C(=O)[C@H](CC(=O)O)NC(=O)CCOCCOCCOCCNC(=O)[C@H](CCCCNC(=O)CCN)NC(=O)CCN)C(C)C. The van der Waals surface area contributed by atoms with Crippen molar-refractivity contribution in [1.82, 2.24) is 41.0 Å². The number of aryl methyl sites for hydroxylation is 1. The van der Waals surface area contributed by atoms with Crippen molar-refractivity contribution < 1.29 is 71.9 Å². The Morgan fingerprint density at radius 3 is 2.18 bits per heavy atom. The van der Waals surface area contributed by atoms with E-state index < -0.39 is 83.3 Å². The molecule has 0 bridgehead atoms. The summed E-state index contributed by atoms with van der Waals surface area (Å²) in [7, 11) is 0. The number of benzene rings is 1. The normalized spacial score (nSPS) is 17.1. The summed E-state index contributed by atoms with van der Waals surface area (Å²) in [6.45, 7) is 8.60. The summed E-state index contributed by atoms with van der Waals surface area (Å²) in [6, 6.07) is 4.52. The van der Waals surface area contributed by atoms with E-state index in [2.05, 4.69) is 26.6 Å². The van der Waals surface area contributed by atoms with Crippen molar-refractivity contribution in [3.05, 3.63) is 62.9 Å². The summed E-state index contributed by atoms with van der Waals surface area (Å²) in [4.78, 5) is 139. The Bertz CT molecular complexity index is 2900. The lowest BCUT2D eigenvalue weighted by molar-refractivity contribution is -0.191. The Labute approximate surface area is 481 Å². The van der Waals surface area contributed by atoms with Crippen molar-refractivity contribution in [2.75, 3.05) is 72.4 Å². The van der Waals surface area contributed by atoms with Gasteiger partial charge in [0, 0.05) is 68.5 Å². The first-order chi connectivity index (χ1) is 39.9. The molecule has 0 unspecified atom stereocenters. The molecular weight excluding hydrogens is 1080 g/mol. The lowest BCUT2D eigenvalue weighted by Gasteiger charge is -2.37. The number of carboxylic acids is 1. The molecule has 10 N–H and O–H groups in total. The van der Waals surface area contributed by atoms with Gasteiger partial charge in [-0.05, 0) is 68.6 Å². The predicted molar refractivity (Wildman–Crippen MR) is 300 cm³/mol. The third kappa shape index (κ3) is 16.7. The number of carbonyl (C=O) groups excluding carboxylic acids is 8. The first-order valence-electron chi connectivity index (χ1n) is 28.6. The summed E-state index contributed by atoms with van der Waals surface area (Å²) in [5.74, 6) is -6.98. The number of ether oxygens (including phenoxy) is 5. The Hall–Kier alpha value is -7.39. The maximum Gasteiger partial charge on any atom is 0.355 e. The number of likely N-dealkylation sites (tertiary alicyclic amines) is 1. The van der Waals surface area contributed by atoms with Crippen LogP contribution in [0.25, 0.3) is 22.3 Å². The number of nitrogens with zero attached hydrogens (tertiary/aromatic N) is 3. The van der Waals surface area contributed by atoms with E-state index in [0.717, 1.165) is 22.0 Å². The molecular formula is C57H80N10O16. The van der Waals surface area contributed by atoms with Gasteiger partial charge in [-0.25, -0.2) is 14.6 Å². The molecule has 0 spiro atoms. The molecule has 26 nitrogen and oxygen atoms in total. The van der Waals surface area contributed by atoms with Gasteiger partial charge < -0.3 is 76.3 Å². The van der Waals surface area contributed by atoms with Crippen LogP contribution in [0.5, 0.6) is 0 Å². The van der Waals surface area contributed by atoms with Gasteiger partial charge in [0.1, 0.15) is 30.8 Å². The van der Waals surface area contributed by atoms with Crippen LogP contribution in [0.1, 0.15) is 114 Å². The Kier molecular flexibility index (Phi) is 24.4. The van der Waals surface area contributed by atoms with Crippen LogP contribution in [-0.2, 0) is 92.0 Å². The molecule has 3 aliphatic rings. The third-order valence-corrected chi connectivity index (χ3v) is 14.8. The van der Waals surface area contributed by atoms with Crippen LogP contribution in [0.3, 0.4) is 0 Å². The Morgan fingerprint density at radius 1 is 0.819 bits per heavy atom. The van der Waals surface area contributed by atoms with Crippen LogP contribution >= 0.6 is 0 Å². The summed E-state index contributed by atoms with van der Waals surface area (Å²) in [5, 5.41) is 24.1. The number of carbonyl (C=O) groups is 9. The van der Waals surface area contributed by atoms with E-state index in [4.69, 9.17) is 40.1 Å². The molecule has 0 saturated carbocycles. The first kappa shape index (κ1) is 64.8. The maximum absolute atomic E-state index is 14.4. The van der Waals surface area contributed by atoms with Gasteiger partial charge in [0.25, 0.3) is 5.56 Å². The molecule has 0 aliphatic carbocycles. The fourth-order valence-electron chi connectivity index (χ4n) is 10.5. The van der Waals surface area contributed by atoms with Gasteiger partial charge in [0.15, 0.2) is 0 Å². The second-order valence-electron chi connectivity index (χ2n) is 20.8. The molecule has 5 heterocycles. The first-order valence-corrected chi connectivity index (χ1v) is 28.6. The number of unbranched alkanes of at least 4 members (excludes halogenated alkanes) is 1. The standard InChI is InChI=1S/C57H80N10O16/c1-5-35-36-12-7-8-13-40(36)64-50-37(35)32-67-44(50)30-39-38(53(67)75)33-82-56(78)57(39,6-2)83-55(77)49(34(3)4)65-52(74)43-15-11-23-66(43)54(76)42(31-48(71)72)63-47(70)18-24-79-26-28-81-29-27-80-25-22-61-51(73)41(62-46(69)17-20-59)14-9-10-21-60-45(68)16-19-58/h7-8,12-13,30,34,41-43,49H,5-6,9-11,14-29,31-33,58-59H2,1-4H3,(H,60,68)(H,61,73)(H,62,69)(H,63,70)(H,65,74)(H,71,72)/t41-,42-,43-,49-,57-/m0/s1. The van der Waals surface area contributed by atoms with Crippen molar-refractivity contribution in [3.63, 3.8) is 0 Å². The molecule has 6 rings (SSSR count). The van der Waals surface area contributed by atoms with Crippen molar-refractivity contribution in [1.29, 1.82) is 0 Å². The smallest absolute Gasteiger partial charge is 0.355 e. The van der Waals surface area contributed by atoms with Gasteiger partial charge in [-0.2, -0.15) is 0 Å². The average Bonchev–Trinajstić information content (AvgIpc) is 1.96. The fourth-order valence-corrected chi connectivity index (χ4v) is 10.5. The fraction of sp³-hybridized carbons (Fsp3) is 0.596. The van der Waals surface area contributed by atoms with E-state index in [9.17, 15) is 53.1 Å². The number of nitrogens with one attached hydrogen (secondary N) is 5. The molecule has 83 heavy (non-hydrogen) atoms. The molecule has 5 atom stereocenters. The minimum absolute atomic E-state index is 0.0538. The number of cyclic esters (lactones) is 1. The second-order valence-corrected chi connectivity index (χ2v) is 20.8. The lowest BCUT2D eigenvalue weighted by atomic mass is 9.85. The number of para-hydroxylation sites is 1. The molecule has 1 saturated heterocycles. The molecule has 6 amide bonds. The predicted octanol–water partition coefficient (Wildman–Crippen LogP) is 0.309. The Balaban J connectivity index is 0.952. The van der Waals surface area contributed by atoms with Crippen molar-refractivity contribution in [2.45, 2.75) is 141 Å². The van der Waals surface area contributed by atoms with Crippen LogP contribution in [-0.4, -0.2) is 169 Å². The molecule has 1 aromatic carbocycles. The number of esters is 2. The molecule has 3 aromatic rings. The highest BCUT2D eigenvalue weighted by Gasteiger charge is 2.52. The van der Waals surface area contributed by atoms with Crippen LogP contribution in [0.2, 0.25) is 0 Å². The summed E-state index contributed by atoms with van der Waals surface area (Å²) < 4.78 is 29.9. The molecule has 3 aliphatic heterocycles. The van der Waals surface area contributed by atoms with Crippen molar-refractivity contribution in [3.8, 4) is 11.4 Å². The van der Waals surface area contributed by atoms with E-state index in [1.165, 1.54) is 4.90 Å². The minimum Gasteiger partial charge on any atom is -0.481 e. The quantitative estimate of drug-likeness (QED) is 0.0230. The Morgan fingerprint density at radius 2 is 1.49 bits per heavy atom. The number of pyridine rings is 2. The van der Waals surface area contributed by atoms with E-state index in [-0.39, 0.29) is 140 Å². The van der Waals surface area contributed by atoms with Crippen LogP contribution in [0, 0.1) is 5.92 Å². The van der Waals surface area contributed by atoms with Gasteiger partial charge >= 0.3 is 17.9 Å². The zero-order chi connectivity index (χ0) is 60.2. The number of fused-ring (bicyclic) bond motifs is 5. The zero-order valence-corrected chi connectivity index (χ0v) is 47.8. The number of nitrogens with two attached hydrogens (primary N) is 2. The molecule has 0 radical (unpaired) electrons. The monoisotopic (exact) mass is 1160 g/mol. The topological polar surface area (TPSA) is 370 Å². The number of hydrogen-bond donors (Lipinski definition) is 8. The van der Waals surface area contributed by atoms with E-state index >= 15 is 0 Å². The number of hydrogen-bond acceptors (Lipinski definition) is 18. The van der Waals surface area contributed by atoms with Gasteiger partial charge in [0.2, 0.25) is 41.0 Å². The number of aromatic nitrogens is 2. The largest absolute Gasteiger partial charge is 0.481 e. The summed E-state index contributed by atoms with van der Waals surface area (Å²) in [5.41, 5.74) is 12.4. The van der Waals surface area contributed by atoms with Gasteiger partial charge in [0.05, 0.1) is 75.1 Å². The lowest BCUT2D eigenvalue weighted by Crippen LogP contribution is -2.57. The van der Waals surface area contributed by atoms with Crippen molar-refractivity contribution >= 4 is 64.3 Å². The van der Waals surface area contributed by atoms with Crippen molar-refractivity contribution in [2.24, 2.45) is 17.4 Å². The molecule has 454 valence electrons. The van der Waals surface area contributed by atoms with Gasteiger partial charge in [-0.15, -0.1) is 0 Å². The minimum atomic E-state index is -2.07. The van der Waals surface area contributed by atoms with Crippen LogP contribution in [0.15, 0.2) is 35.1 Å². The highest BCUT2D eigenvalue weighted by Crippen LogP contribution is 2.42. The number of amides is 6. The highest BCUT2D eigenvalue weighted by molar-refractivity contribution is 5.96. The zero-order valence-electron chi connectivity index (χ0n) is 47.8. The van der Waals surface area contributed by atoms with Gasteiger partial charge in [-0.3, -0.25) is 38.4 Å². The third-order valence-electron chi connectivity index (χ3n) is 14.8. The summed E-state index contributed by atoms with van der Waals surface area (Å²) >= 11 is 0. The van der Waals surface area contributed by atoms with E-state index in [0.29, 0.717) is 50.0 Å². The molecule has 26 heteroatoms. The van der Waals surface area contributed by atoms with Crippen LogP contribution < -0.4 is 43.6 Å². The van der Waals surface area contributed by atoms with Gasteiger partial charge in [-0.1, -0.05) is 45.9 Å².